The van der Waals surface area contributed by atoms with E-state index in [1.165, 1.54) is 0 Å². The second-order valence-electron chi connectivity index (χ2n) is 4.78. The summed E-state index contributed by atoms with van der Waals surface area (Å²) in [6.45, 7) is 9.48. The summed E-state index contributed by atoms with van der Waals surface area (Å²) in [7, 11) is 0. The standard InChI is InChI=1S/C14H16O4/c1-9(2)8-16-10-6-5-7-11-12(10)13(15)18-14(3,4)17-11/h5-7H,1,8H2,2-4H3/p+1. The zero-order valence-corrected chi connectivity index (χ0v) is 10.8. The molecule has 1 aliphatic rings. The molecule has 1 heterocycles. The second kappa shape index (κ2) is 4.37. The van der Waals surface area contributed by atoms with Gasteiger partial charge in [-0.1, -0.05) is 12.6 Å². The number of cyclic esters (lactones) is 1. The fourth-order valence-corrected chi connectivity index (χ4v) is 1.70. The monoisotopic (exact) mass is 249 g/mol. The van der Waals surface area contributed by atoms with Crippen molar-refractivity contribution in [1.82, 2.24) is 0 Å². The van der Waals surface area contributed by atoms with Crippen molar-refractivity contribution in [2.75, 3.05) is 6.61 Å². The van der Waals surface area contributed by atoms with Gasteiger partial charge < -0.3 is 14.3 Å². The fourth-order valence-electron chi connectivity index (χ4n) is 1.70. The van der Waals surface area contributed by atoms with Crippen molar-refractivity contribution in [3.05, 3.63) is 35.9 Å². The van der Waals surface area contributed by atoms with E-state index in [1.54, 1.807) is 32.0 Å². The quantitative estimate of drug-likeness (QED) is 0.470. The van der Waals surface area contributed by atoms with Gasteiger partial charge in [-0.3, -0.25) is 4.74 Å². The summed E-state index contributed by atoms with van der Waals surface area (Å²) in [4.78, 5) is 9.96. The first-order valence-corrected chi connectivity index (χ1v) is 5.73. The molecule has 0 aromatic heterocycles. The first kappa shape index (κ1) is 12.5. The topological polar surface area (TPSA) is 49.1 Å². The second-order valence-corrected chi connectivity index (χ2v) is 4.78. The fraction of sp³-hybridized carbons (Fsp3) is 0.357. The van der Waals surface area contributed by atoms with Crippen molar-refractivity contribution in [3.63, 3.8) is 0 Å². The van der Waals surface area contributed by atoms with Gasteiger partial charge in [0.2, 0.25) is 5.56 Å². The Morgan fingerprint density at radius 2 is 2.11 bits per heavy atom. The molecule has 96 valence electrons. The molecule has 0 spiro atoms. The first-order chi connectivity index (χ1) is 8.39. The summed E-state index contributed by atoms with van der Waals surface area (Å²) in [6.07, 6.45) is 0. The summed E-state index contributed by atoms with van der Waals surface area (Å²) >= 11 is 0. The van der Waals surface area contributed by atoms with Gasteiger partial charge in [-0.05, 0) is 24.6 Å². The van der Waals surface area contributed by atoms with Gasteiger partial charge in [0, 0.05) is 13.8 Å². The third-order valence-electron chi connectivity index (χ3n) is 2.37. The molecular formula is C14H17O4+. The Bertz CT molecular complexity index is 503. The highest BCUT2D eigenvalue weighted by atomic mass is 16.7. The molecule has 0 unspecified atom stereocenters. The Hall–Kier alpha value is -1.97. The first-order valence-electron chi connectivity index (χ1n) is 5.73. The van der Waals surface area contributed by atoms with Gasteiger partial charge in [0.1, 0.15) is 12.4 Å². The van der Waals surface area contributed by atoms with Crippen molar-refractivity contribution in [1.29, 1.82) is 0 Å². The number of ether oxygens (including phenoxy) is 3. The molecule has 0 amide bonds. The van der Waals surface area contributed by atoms with Crippen LogP contribution in [-0.2, 0) is 4.74 Å². The lowest BCUT2D eigenvalue weighted by Gasteiger charge is -2.25. The molecule has 1 N–H and O–H groups in total. The Morgan fingerprint density at radius 3 is 2.78 bits per heavy atom. The van der Waals surface area contributed by atoms with Crippen LogP contribution in [0.25, 0.3) is 0 Å². The van der Waals surface area contributed by atoms with Crippen LogP contribution in [0.15, 0.2) is 30.4 Å². The average Bonchev–Trinajstić information content (AvgIpc) is 2.23. The van der Waals surface area contributed by atoms with Crippen LogP contribution in [0.1, 0.15) is 26.3 Å². The minimum absolute atomic E-state index is 0.182. The van der Waals surface area contributed by atoms with Gasteiger partial charge >= 0.3 is 11.8 Å². The highest BCUT2D eigenvalue weighted by Crippen LogP contribution is 2.36. The van der Waals surface area contributed by atoms with Crippen molar-refractivity contribution < 1.29 is 19.0 Å². The maximum absolute atomic E-state index is 9.96. The maximum Gasteiger partial charge on any atom is 0.528 e. The lowest BCUT2D eigenvalue weighted by atomic mass is 10.1. The van der Waals surface area contributed by atoms with Crippen LogP contribution in [0.3, 0.4) is 0 Å². The van der Waals surface area contributed by atoms with E-state index >= 15 is 0 Å². The molecule has 1 aliphatic heterocycles. The third-order valence-corrected chi connectivity index (χ3v) is 2.37. The molecule has 0 fully saturated rings. The van der Waals surface area contributed by atoms with Crippen molar-refractivity contribution >= 4 is 5.97 Å². The molecule has 0 aliphatic carbocycles. The molecule has 0 atom stereocenters. The van der Waals surface area contributed by atoms with Crippen molar-refractivity contribution in [3.8, 4) is 11.5 Å². The zero-order valence-electron chi connectivity index (χ0n) is 10.8. The molecular weight excluding hydrogens is 232 g/mol. The lowest BCUT2D eigenvalue weighted by Crippen LogP contribution is -2.39. The Balaban J connectivity index is 2.35. The highest BCUT2D eigenvalue weighted by molar-refractivity contribution is 5.97. The molecule has 4 heteroatoms. The summed E-state index contributed by atoms with van der Waals surface area (Å²) in [5.41, 5.74) is 1.34. The van der Waals surface area contributed by atoms with E-state index in [2.05, 4.69) is 6.58 Å². The third kappa shape index (κ3) is 2.47. The van der Waals surface area contributed by atoms with E-state index in [4.69, 9.17) is 14.2 Å². The molecule has 2 rings (SSSR count). The predicted octanol–water partition coefficient (Wildman–Crippen LogP) is 2.64. The van der Waals surface area contributed by atoms with E-state index in [-0.39, 0.29) is 5.97 Å². The summed E-state index contributed by atoms with van der Waals surface area (Å²) in [6, 6.07) is 5.33. The minimum Gasteiger partial charge on any atom is -0.488 e. The van der Waals surface area contributed by atoms with Gasteiger partial charge in [-0.15, -0.1) is 0 Å². The molecule has 0 saturated carbocycles. The normalized spacial score (nSPS) is 16.3. The minimum atomic E-state index is -0.885. The number of benzene rings is 1. The van der Waals surface area contributed by atoms with E-state index in [0.717, 1.165) is 5.57 Å². The zero-order chi connectivity index (χ0) is 13.3. The smallest absolute Gasteiger partial charge is 0.488 e. The number of rotatable bonds is 3. The van der Waals surface area contributed by atoms with Gasteiger partial charge in [0.05, 0.1) is 0 Å². The molecule has 0 bridgehead atoms. The molecule has 1 aromatic carbocycles. The average molecular weight is 249 g/mol. The number of hydrogen-bond acceptors (Lipinski definition) is 3. The molecule has 4 nitrogen and oxygen atoms in total. The molecule has 0 radical (unpaired) electrons. The number of esters is 1. The number of fused-ring (bicyclic) bond motifs is 1. The van der Waals surface area contributed by atoms with Crippen molar-refractivity contribution in [2.24, 2.45) is 0 Å². The van der Waals surface area contributed by atoms with Crippen LogP contribution in [0.4, 0.5) is 0 Å². The molecule has 1 aromatic rings. The largest absolute Gasteiger partial charge is 0.528 e. The van der Waals surface area contributed by atoms with Crippen molar-refractivity contribution in [2.45, 2.75) is 26.6 Å². The van der Waals surface area contributed by atoms with E-state index in [0.29, 0.717) is 23.7 Å². The van der Waals surface area contributed by atoms with E-state index < -0.39 is 5.79 Å². The van der Waals surface area contributed by atoms with Crippen LogP contribution >= 0.6 is 0 Å². The Kier molecular flexibility index (Phi) is 3.03. The Morgan fingerprint density at radius 1 is 1.39 bits per heavy atom. The molecule has 0 saturated heterocycles. The Labute approximate surface area is 106 Å². The summed E-state index contributed by atoms with van der Waals surface area (Å²) in [5, 5.41) is 0. The van der Waals surface area contributed by atoms with Gasteiger partial charge in [0.25, 0.3) is 0 Å². The number of hydrogen-bond donors (Lipinski definition) is 0. The maximum atomic E-state index is 9.96. The van der Waals surface area contributed by atoms with Gasteiger partial charge in [-0.2, -0.15) is 0 Å². The van der Waals surface area contributed by atoms with Crippen LogP contribution in [0.5, 0.6) is 11.5 Å². The summed E-state index contributed by atoms with van der Waals surface area (Å²) < 4.78 is 16.5. The van der Waals surface area contributed by atoms with Gasteiger partial charge in [0.15, 0.2) is 5.75 Å². The number of carbonyl (C=O) groups excluding carboxylic acids is 1. The van der Waals surface area contributed by atoms with E-state index in [1.807, 2.05) is 6.92 Å². The highest BCUT2D eigenvalue weighted by Gasteiger charge is 2.43. The molecule has 18 heavy (non-hydrogen) atoms. The van der Waals surface area contributed by atoms with Crippen LogP contribution in [0.2, 0.25) is 0 Å². The SMILES string of the molecule is C=C(C)COc1cccc2c1C(=[OH+])OC(C)(C)O2. The van der Waals surface area contributed by atoms with Crippen LogP contribution in [-0.4, -0.2) is 23.2 Å². The van der Waals surface area contributed by atoms with Crippen LogP contribution in [0, 0.1) is 0 Å². The van der Waals surface area contributed by atoms with Gasteiger partial charge in [-0.25, -0.2) is 0 Å². The lowest BCUT2D eigenvalue weighted by molar-refractivity contribution is -0.105. The van der Waals surface area contributed by atoms with Crippen LogP contribution < -0.4 is 9.47 Å². The summed E-state index contributed by atoms with van der Waals surface area (Å²) in [5.74, 6) is -0.00520. The van der Waals surface area contributed by atoms with E-state index in [9.17, 15) is 4.79 Å². The predicted molar refractivity (Wildman–Crippen MR) is 68.6 cm³/mol.